The van der Waals surface area contributed by atoms with Crippen LogP contribution in [-0.2, 0) is 6.54 Å². The first kappa shape index (κ1) is 16.3. The summed E-state index contributed by atoms with van der Waals surface area (Å²) >= 11 is 0. The van der Waals surface area contributed by atoms with Crippen LogP contribution in [0.25, 0.3) is 0 Å². The maximum atomic E-state index is 11.8. The lowest BCUT2D eigenvalue weighted by molar-refractivity contribution is 0.0965. The number of fused-ring (bicyclic) bond motifs is 1. The SMILES string of the molecule is Cc1cc2c(nc1N1CCC(Oc3cncc(C#N)c3)CC1)CNC2=O. The van der Waals surface area contributed by atoms with Crippen molar-refractivity contribution < 1.29 is 9.53 Å². The van der Waals surface area contributed by atoms with Crippen LogP contribution in [0.1, 0.15) is 40.0 Å². The van der Waals surface area contributed by atoms with Gasteiger partial charge in [0, 0.05) is 38.2 Å². The number of anilines is 1. The van der Waals surface area contributed by atoms with Gasteiger partial charge in [-0.1, -0.05) is 0 Å². The van der Waals surface area contributed by atoms with Crippen LogP contribution < -0.4 is 15.0 Å². The smallest absolute Gasteiger partial charge is 0.253 e. The topological polar surface area (TPSA) is 91.1 Å². The molecule has 0 bridgehead atoms. The molecule has 7 nitrogen and oxygen atoms in total. The van der Waals surface area contributed by atoms with Gasteiger partial charge in [-0.15, -0.1) is 0 Å². The Hall–Kier alpha value is -3.14. The number of aryl methyl sites for hydroxylation is 1. The molecular weight excluding hydrogens is 330 g/mol. The highest BCUT2D eigenvalue weighted by atomic mass is 16.5. The first-order valence-electron chi connectivity index (χ1n) is 8.69. The number of rotatable bonds is 3. The quantitative estimate of drug-likeness (QED) is 0.911. The number of amides is 1. The Kier molecular flexibility index (Phi) is 4.17. The molecule has 26 heavy (non-hydrogen) atoms. The lowest BCUT2D eigenvalue weighted by Gasteiger charge is -2.33. The molecule has 0 atom stereocenters. The average Bonchev–Trinajstić information content (AvgIpc) is 3.02. The second-order valence-electron chi connectivity index (χ2n) is 6.63. The molecule has 1 saturated heterocycles. The number of carbonyl (C=O) groups excluding carboxylic acids is 1. The van der Waals surface area contributed by atoms with E-state index in [4.69, 9.17) is 15.0 Å². The Morgan fingerprint density at radius 1 is 1.31 bits per heavy atom. The van der Waals surface area contributed by atoms with Gasteiger partial charge in [-0.25, -0.2) is 4.98 Å². The van der Waals surface area contributed by atoms with Gasteiger partial charge in [-0.2, -0.15) is 5.26 Å². The van der Waals surface area contributed by atoms with Gasteiger partial charge in [0.25, 0.3) is 5.91 Å². The Bertz CT molecular complexity index is 897. The molecule has 2 aromatic heterocycles. The number of nitrogens with zero attached hydrogens (tertiary/aromatic N) is 4. The fourth-order valence-corrected chi connectivity index (χ4v) is 3.47. The van der Waals surface area contributed by atoms with Crippen molar-refractivity contribution in [3.05, 3.63) is 46.9 Å². The Balaban J connectivity index is 1.42. The number of nitrogens with one attached hydrogen (secondary N) is 1. The highest BCUT2D eigenvalue weighted by molar-refractivity contribution is 5.98. The summed E-state index contributed by atoms with van der Waals surface area (Å²) in [6, 6.07) is 5.72. The molecule has 0 aliphatic carbocycles. The second kappa shape index (κ2) is 6.64. The Labute approximate surface area is 151 Å². The molecule has 1 fully saturated rings. The molecule has 132 valence electrons. The molecule has 4 heterocycles. The summed E-state index contributed by atoms with van der Waals surface area (Å²) in [5.74, 6) is 1.55. The van der Waals surface area contributed by atoms with E-state index in [0.29, 0.717) is 23.4 Å². The van der Waals surface area contributed by atoms with Crippen molar-refractivity contribution in [1.29, 1.82) is 5.26 Å². The molecule has 0 radical (unpaired) electrons. The lowest BCUT2D eigenvalue weighted by atomic mass is 10.1. The van der Waals surface area contributed by atoms with Crippen molar-refractivity contribution in [3.8, 4) is 11.8 Å². The number of carbonyl (C=O) groups is 1. The molecule has 2 aromatic rings. The van der Waals surface area contributed by atoms with Gasteiger partial charge < -0.3 is 15.0 Å². The minimum absolute atomic E-state index is 0.0394. The maximum absolute atomic E-state index is 11.8. The summed E-state index contributed by atoms with van der Waals surface area (Å²) in [6.07, 6.45) is 5.00. The van der Waals surface area contributed by atoms with Gasteiger partial charge in [-0.05, 0) is 18.6 Å². The van der Waals surface area contributed by atoms with Crippen LogP contribution in [-0.4, -0.2) is 35.1 Å². The first-order chi connectivity index (χ1) is 12.6. The zero-order valence-corrected chi connectivity index (χ0v) is 14.5. The van der Waals surface area contributed by atoms with Crippen molar-refractivity contribution in [3.63, 3.8) is 0 Å². The zero-order chi connectivity index (χ0) is 18.1. The van der Waals surface area contributed by atoms with Gasteiger partial charge in [0.1, 0.15) is 23.7 Å². The molecule has 0 spiro atoms. The fraction of sp³-hybridized carbons (Fsp3) is 0.368. The predicted molar refractivity (Wildman–Crippen MR) is 95.0 cm³/mol. The minimum Gasteiger partial charge on any atom is -0.489 e. The Morgan fingerprint density at radius 3 is 2.88 bits per heavy atom. The highest BCUT2D eigenvalue weighted by Gasteiger charge is 2.26. The van der Waals surface area contributed by atoms with Crippen LogP contribution >= 0.6 is 0 Å². The van der Waals surface area contributed by atoms with Gasteiger partial charge in [0.15, 0.2) is 0 Å². The molecule has 0 saturated carbocycles. The van der Waals surface area contributed by atoms with E-state index >= 15 is 0 Å². The van der Waals surface area contributed by atoms with Crippen LogP contribution in [0, 0.1) is 18.3 Å². The third kappa shape index (κ3) is 3.06. The van der Waals surface area contributed by atoms with Crippen LogP contribution in [0.4, 0.5) is 5.82 Å². The number of hydrogen-bond acceptors (Lipinski definition) is 6. The van der Waals surface area contributed by atoms with Crippen LogP contribution in [0.15, 0.2) is 24.5 Å². The summed E-state index contributed by atoms with van der Waals surface area (Å²) < 4.78 is 5.98. The zero-order valence-electron chi connectivity index (χ0n) is 14.5. The third-order valence-electron chi connectivity index (χ3n) is 4.81. The summed E-state index contributed by atoms with van der Waals surface area (Å²) in [7, 11) is 0. The molecule has 4 rings (SSSR count). The summed E-state index contributed by atoms with van der Waals surface area (Å²) in [6.45, 7) is 4.17. The normalized spacial score (nSPS) is 16.8. The molecule has 1 amide bonds. The van der Waals surface area contributed by atoms with Gasteiger partial charge >= 0.3 is 0 Å². The molecule has 7 heteroatoms. The maximum Gasteiger partial charge on any atom is 0.253 e. The lowest BCUT2D eigenvalue weighted by Crippen LogP contribution is -2.39. The van der Waals surface area contributed by atoms with Crippen molar-refractivity contribution >= 4 is 11.7 Å². The van der Waals surface area contributed by atoms with Crippen LogP contribution in [0.3, 0.4) is 0 Å². The monoisotopic (exact) mass is 349 g/mol. The highest BCUT2D eigenvalue weighted by Crippen LogP contribution is 2.27. The fourth-order valence-electron chi connectivity index (χ4n) is 3.47. The van der Waals surface area contributed by atoms with E-state index in [1.807, 2.05) is 13.0 Å². The van der Waals surface area contributed by atoms with Crippen LogP contribution in [0.2, 0.25) is 0 Å². The number of pyridine rings is 2. The summed E-state index contributed by atoms with van der Waals surface area (Å²) in [5, 5.41) is 11.8. The first-order valence-corrected chi connectivity index (χ1v) is 8.69. The number of ether oxygens (including phenoxy) is 1. The number of nitriles is 1. The number of hydrogen-bond donors (Lipinski definition) is 1. The van der Waals surface area contributed by atoms with E-state index in [1.54, 1.807) is 12.3 Å². The van der Waals surface area contributed by atoms with Gasteiger partial charge in [0.05, 0.1) is 29.6 Å². The van der Waals surface area contributed by atoms with Crippen molar-refractivity contribution in [1.82, 2.24) is 15.3 Å². The molecule has 2 aliphatic heterocycles. The van der Waals surface area contributed by atoms with E-state index in [2.05, 4.69) is 21.3 Å². The molecule has 0 aromatic carbocycles. The predicted octanol–water partition coefficient (Wildman–Crippen LogP) is 1.95. The average molecular weight is 349 g/mol. The minimum atomic E-state index is -0.0394. The molecule has 0 unspecified atom stereocenters. The van der Waals surface area contributed by atoms with E-state index in [-0.39, 0.29) is 12.0 Å². The molecular formula is C19H19N5O2. The van der Waals surface area contributed by atoms with E-state index < -0.39 is 0 Å². The summed E-state index contributed by atoms with van der Waals surface area (Å²) in [4.78, 5) is 22.8. The van der Waals surface area contributed by atoms with E-state index in [1.165, 1.54) is 6.20 Å². The molecule has 1 N–H and O–H groups in total. The Morgan fingerprint density at radius 2 is 2.12 bits per heavy atom. The van der Waals surface area contributed by atoms with Gasteiger partial charge in [0.2, 0.25) is 0 Å². The second-order valence-corrected chi connectivity index (χ2v) is 6.63. The number of piperidine rings is 1. The van der Waals surface area contributed by atoms with Crippen molar-refractivity contribution in [2.45, 2.75) is 32.4 Å². The van der Waals surface area contributed by atoms with E-state index in [9.17, 15) is 4.79 Å². The largest absolute Gasteiger partial charge is 0.489 e. The van der Waals surface area contributed by atoms with Crippen molar-refractivity contribution in [2.75, 3.05) is 18.0 Å². The van der Waals surface area contributed by atoms with Crippen LogP contribution in [0.5, 0.6) is 5.75 Å². The van der Waals surface area contributed by atoms with E-state index in [0.717, 1.165) is 43.0 Å². The van der Waals surface area contributed by atoms with Gasteiger partial charge in [-0.3, -0.25) is 9.78 Å². The standard InChI is InChI=1S/C19H19N5O2/c1-12-6-16-17(11-22-19(16)25)23-18(12)24-4-2-14(3-5-24)26-15-7-13(8-20)9-21-10-15/h6-7,9-10,14H,2-5,11H2,1H3,(H,22,25). The third-order valence-corrected chi connectivity index (χ3v) is 4.81. The number of aromatic nitrogens is 2. The van der Waals surface area contributed by atoms with Crippen molar-refractivity contribution in [2.24, 2.45) is 0 Å². The summed E-state index contributed by atoms with van der Waals surface area (Å²) in [5.41, 5.74) is 3.04. The molecule has 2 aliphatic rings.